The number of nitrogens with zero attached hydrogens (tertiary/aromatic N) is 4. The fourth-order valence-corrected chi connectivity index (χ4v) is 3.28. The van der Waals surface area contributed by atoms with Crippen molar-refractivity contribution in [2.45, 2.75) is 38.8 Å². The molecule has 1 aliphatic heterocycles. The molecule has 0 saturated carbocycles. The monoisotopic (exact) mass is 373 g/mol. The minimum atomic E-state index is -0.887. The van der Waals surface area contributed by atoms with Gasteiger partial charge in [-0.2, -0.15) is 0 Å². The van der Waals surface area contributed by atoms with E-state index in [-0.39, 0.29) is 17.7 Å². The lowest BCUT2D eigenvalue weighted by Gasteiger charge is -2.08. The average Bonchev–Trinajstić information content (AvgIpc) is 2.82. The number of rotatable bonds is 3. The molecule has 1 amide bonds. The number of hydrogen-bond donors (Lipinski definition) is 1. The lowest BCUT2D eigenvalue weighted by Crippen LogP contribution is -2.28. The molecule has 140 valence electrons. The van der Waals surface area contributed by atoms with Crippen LogP contribution >= 0.6 is 0 Å². The van der Waals surface area contributed by atoms with Gasteiger partial charge in [-0.3, -0.25) is 14.2 Å². The highest BCUT2D eigenvalue weighted by atomic mass is 19.1. The molecule has 0 spiro atoms. The fraction of sp³-hybridized carbons (Fsp3) is 0.333. The molecule has 4 rings (SSSR count). The van der Waals surface area contributed by atoms with E-state index in [1.807, 2.05) is 4.57 Å². The number of imidazole rings is 1. The van der Waals surface area contributed by atoms with E-state index in [9.17, 15) is 18.4 Å². The molecule has 0 radical (unpaired) electrons. The average molecular weight is 373 g/mol. The number of anilines is 1. The van der Waals surface area contributed by atoms with Crippen molar-refractivity contribution in [2.75, 3.05) is 5.32 Å². The molecule has 0 fully saturated rings. The van der Waals surface area contributed by atoms with Crippen LogP contribution in [0.3, 0.4) is 0 Å². The number of aryl methyl sites for hydroxylation is 2. The third-order valence-corrected chi connectivity index (χ3v) is 4.60. The number of benzene rings is 1. The van der Waals surface area contributed by atoms with Crippen molar-refractivity contribution in [2.24, 2.45) is 0 Å². The van der Waals surface area contributed by atoms with Gasteiger partial charge in [0.05, 0.1) is 5.69 Å². The van der Waals surface area contributed by atoms with Gasteiger partial charge in [0.25, 0.3) is 5.56 Å². The Bertz CT molecular complexity index is 1090. The van der Waals surface area contributed by atoms with E-state index >= 15 is 0 Å². The molecule has 3 heterocycles. The molecular formula is C18H17F2N5O2. The zero-order chi connectivity index (χ0) is 19.0. The van der Waals surface area contributed by atoms with Crippen molar-refractivity contribution < 1.29 is 13.6 Å². The largest absolute Gasteiger partial charge is 0.322 e. The number of nitrogens with one attached hydrogen (secondary N) is 1. The van der Waals surface area contributed by atoms with Gasteiger partial charge >= 0.3 is 0 Å². The van der Waals surface area contributed by atoms with Crippen molar-refractivity contribution in [3.05, 3.63) is 52.3 Å². The summed E-state index contributed by atoms with van der Waals surface area (Å²) in [7, 11) is 0. The summed E-state index contributed by atoms with van der Waals surface area (Å²) in [6.45, 7) is 0.424. The van der Waals surface area contributed by atoms with Gasteiger partial charge in [-0.25, -0.2) is 18.7 Å². The molecule has 1 aliphatic rings. The Hall–Kier alpha value is -3.10. The normalized spacial score (nSPS) is 14.0. The van der Waals surface area contributed by atoms with E-state index in [1.165, 1.54) is 6.33 Å². The second-order valence-electron chi connectivity index (χ2n) is 6.51. The molecule has 2 aromatic heterocycles. The number of carbonyl (C=O) groups excluding carboxylic acids is 1. The zero-order valence-electron chi connectivity index (χ0n) is 14.4. The number of aromatic nitrogens is 4. The summed E-state index contributed by atoms with van der Waals surface area (Å²) in [4.78, 5) is 33.6. The number of amides is 1. The summed E-state index contributed by atoms with van der Waals surface area (Å²) in [6, 6.07) is 2.84. The standard InChI is InChI=1S/C18H17F2N5O2/c19-11-5-6-13(12(20)8-11)22-15(26)9-24-10-21-17-16(18(24)27)23-14-4-2-1-3-7-25(14)17/h5-6,8,10H,1-4,7,9H2,(H,22,26). The highest BCUT2D eigenvalue weighted by Crippen LogP contribution is 2.18. The Labute approximate surface area is 152 Å². The predicted molar refractivity (Wildman–Crippen MR) is 94.3 cm³/mol. The molecule has 7 nitrogen and oxygen atoms in total. The van der Waals surface area contributed by atoms with Crippen LogP contribution in [0.1, 0.15) is 25.1 Å². The number of halogens is 2. The minimum Gasteiger partial charge on any atom is -0.322 e. The van der Waals surface area contributed by atoms with E-state index in [0.717, 1.165) is 54.8 Å². The fourth-order valence-electron chi connectivity index (χ4n) is 3.28. The van der Waals surface area contributed by atoms with Gasteiger partial charge < -0.3 is 9.88 Å². The van der Waals surface area contributed by atoms with Gasteiger partial charge in [-0.15, -0.1) is 0 Å². The van der Waals surface area contributed by atoms with Crippen molar-refractivity contribution in [3.63, 3.8) is 0 Å². The Morgan fingerprint density at radius 1 is 1.22 bits per heavy atom. The van der Waals surface area contributed by atoms with Gasteiger partial charge in [0.1, 0.15) is 30.3 Å². The van der Waals surface area contributed by atoms with Crippen molar-refractivity contribution >= 4 is 22.8 Å². The molecule has 0 unspecified atom stereocenters. The molecule has 27 heavy (non-hydrogen) atoms. The number of carbonyl (C=O) groups is 1. The Balaban J connectivity index is 1.59. The van der Waals surface area contributed by atoms with Crippen LogP contribution < -0.4 is 10.9 Å². The third-order valence-electron chi connectivity index (χ3n) is 4.60. The van der Waals surface area contributed by atoms with Crippen LogP contribution in [0.4, 0.5) is 14.5 Å². The Kier molecular flexibility index (Phi) is 4.43. The number of fused-ring (bicyclic) bond motifs is 3. The van der Waals surface area contributed by atoms with Gasteiger partial charge in [0, 0.05) is 19.0 Å². The van der Waals surface area contributed by atoms with Crippen LogP contribution in [-0.4, -0.2) is 25.0 Å². The molecule has 0 atom stereocenters. The second kappa shape index (κ2) is 6.90. The molecule has 0 aliphatic carbocycles. The molecular weight excluding hydrogens is 356 g/mol. The smallest absolute Gasteiger partial charge is 0.282 e. The summed E-state index contributed by atoms with van der Waals surface area (Å²) in [5.74, 6) is -1.41. The van der Waals surface area contributed by atoms with Gasteiger partial charge in [-0.05, 0) is 25.0 Å². The zero-order valence-corrected chi connectivity index (χ0v) is 14.4. The lowest BCUT2D eigenvalue weighted by molar-refractivity contribution is -0.116. The molecule has 3 aromatic rings. The van der Waals surface area contributed by atoms with E-state index in [1.54, 1.807) is 0 Å². The maximum atomic E-state index is 13.7. The summed E-state index contributed by atoms with van der Waals surface area (Å²) in [5.41, 5.74) is 0.181. The Morgan fingerprint density at radius 2 is 2.07 bits per heavy atom. The summed E-state index contributed by atoms with van der Waals surface area (Å²) < 4.78 is 29.7. The molecule has 1 aromatic carbocycles. The topological polar surface area (TPSA) is 81.8 Å². The Morgan fingerprint density at radius 3 is 2.89 bits per heavy atom. The first kappa shape index (κ1) is 17.3. The van der Waals surface area contributed by atoms with E-state index in [2.05, 4.69) is 15.3 Å². The lowest BCUT2D eigenvalue weighted by atomic mass is 10.2. The van der Waals surface area contributed by atoms with Gasteiger partial charge in [0.15, 0.2) is 11.2 Å². The second-order valence-corrected chi connectivity index (χ2v) is 6.51. The van der Waals surface area contributed by atoms with Crippen LogP contribution in [0.15, 0.2) is 29.3 Å². The number of hydrogen-bond acceptors (Lipinski definition) is 4. The first-order chi connectivity index (χ1) is 13.0. The van der Waals surface area contributed by atoms with Gasteiger partial charge in [0.2, 0.25) is 5.91 Å². The van der Waals surface area contributed by atoms with Crippen molar-refractivity contribution in [1.82, 2.24) is 19.1 Å². The predicted octanol–water partition coefficient (Wildman–Crippen LogP) is 2.24. The summed E-state index contributed by atoms with van der Waals surface area (Å²) >= 11 is 0. The highest BCUT2D eigenvalue weighted by molar-refractivity contribution is 5.90. The SMILES string of the molecule is O=C(Cn1cnc2c(nc3n2CCCCC3)c1=O)Nc1ccc(F)cc1F. The van der Waals surface area contributed by atoms with Crippen LogP contribution in [0.5, 0.6) is 0 Å². The van der Waals surface area contributed by atoms with E-state index < -0.39 is 23.1 Å². The van der Waals surface area contributed by atoms with Gasteiger partial charge in [-0.1, -0.05) is 6.42 Å². The molecule has 1 N–H and O–H groups in total. The highest BCUT2D eigenvalue weighted by Gasteiger charge is 2.18. The molecule has 0 saturated heterocycles. The van der Waals surface area contributed by atoms with Crippen molar-refractivity contribution in [3.8, 4) is 0 Å². The summed E-state index contributed by atoms with van der Waals surface area (Å²) in [6.07, 6.45) is 5.23. The molecule has 0 bridgehead atoms. The first-order valence-electron chi connectivity index (χ1n) is 8.72. The van der Waals surface area contributed by atoms with Crippen LogP contribution in [0, 0.1) is 11.6 Å². The maximum Gasteiger partial charge on any atom is 0.282 e. The molecule has 9 heteroatoms. The van der Waals surface area contributed by atoms with Crippen LogP contribution in [0.25, 0.3) is 11.2 Å². The van der Waals surface area contributed by atoms with Crippen LogP contribution in [0.2, 0.25) is 0 Å². The quantitative estimate of drug-likeness (QED) is 0.763. The van der Waals surface area contributed by atoms with E-state index in [4.69, 9.17) is 0 Å². The van der Waals surface area contributed by atoms with E-state index in [0.29, 0.717) is 11.7 Å². The minimum absolute atomic E-state index is 0.155. The summed E-state index contributed by atoms with van der Waals surface area (Å²) in [5, 5.41) is 2.32. The van der Waals surface area contributed by atoms with Crippen molar-refractivity contribution in [1.29, 1.82) is 0 Å². The third kappa shape index (κ3) is 3.32. The first-order valence-corrected chi connectivity index (χ1v) is 8.72. The van der Waals surface area contributed by atoms with Crippen LogP contribution in [-0.2, 0) is 24.3 Å². The maximum absolute atomic E-state index is 13.7.